The SMILES string of the molecule is CCOc1ccccc1Oc1c(C(F)(F)F)oc2c(CN3CC(C)OC(C)C3)c(O)ccc2c1=O. The second kappa shape index (κ2) is 9.79. The number of fused-ring (bicyclic) bond motifs is 1. The number of ether oxygens (including phenoxy) is 3. The van der Waals surface area contributed by atoms with E-state index < -0.39 is 23.1 Å². The minimum Gasteiger partial charge on any atom is -0.507 e. The van der Waals surface area contributed by atoms with Gasteiger partial charge in [-0.1, -0.05) is 12.1 Å². The first-order chi connectivity index (χ1) is 16.6. The lowest BCUT2D eigenvalue weighted by Crippen LogP contribution is -2.44. The molecule has 2 unspecified atom stereocenters. The number of nitrogens with zero attached hydrogens (tertiary/aromatic N) is 1. The molecule has 0 saturated carbocycles. The standard InChI is InChI=1S/C25H26F3NO6/c1-4-32-19-7-5-6-8-20(19)34-23-21(31)16-9-10-18(30)17(22(16)35-24(23)25(26,27)28)13-29-11-14(2)33-15(3)12-29/h5-10,14-15,30H,4,11-13H2,1-3H3. The van der Waals surface area contributed by atoms with Crippen molar-refractivity contribution < 1.29 is 36.9 Å². The number of hydrogen-bond donors (Lipinski definition) is 1. The molecule has 0 radical (unpaired) electrons. The number of aromatic hydroxyl groups is 1. The maximum Gasteiger partial charge on any atom is 0.453 e. The van der Waals surface area contributed by atoms with Crippen molar-refractivity contribution >= 4 is 11.0 Å². The molecule has 2 atom stereocenters. The summed E-state index contributed by atoms with van der Waals surface area (Å²) in [5, 5.41) is 10.4. The molecule has 188 valence electrons. The maximum atomic E-state index is 14.1. The van der Waals surface area contributed by atoms with Crippen molar-refractivity contribution in [3.8, 4) is 23.0 Å². The van der Waals surface area contributed by atoms with Crippen molar-refractivity contribution in [3.63, 3.8) is 0 Å². The van der Waals surface area contributed by atoms with Crippen LogP contribution in [0.5, 0.6) is 23.0 Å². The lowest BCUT2D eigenvalue weighted by molar-refractivity contribution is -0.154. The number of alkyl halides is 3. The zero-order valence-electron chi connectivity index (χ0n) is 19.5. The van der Waals surface area contributed by atoms with E-state index in [9.17, 15) is 23.1 Å². The van der Waals surface area contributed by atoms with E-state index in [0.717, 1.165) is 0 Å². The van der Waals surface area contributed by atoms with Crippen LogP contribution in [-0.2, 0) is 17.5 Å². The van der Waals surface area contributed by atoms with Crippen molar-refractivity contribution in [1.29, 1.82) is 0 Å². The second-order valence-corrected chi connectivity index (χ2v) is 8.46. The molecule has 1 saturated heterocycles. The number of rotatable bonds is 6. The maximum absolute atomic E-state index is 14.1. The number of phenols is 1. The third-order valence-electron chi connectivity index (χ3n) is 5.59. The number of morpholine rings is 1. The molecule has 1 fully saturated rings. The summed E-state index contributed by atoms with van der Waals surface area (Å²) in [4.78, 5) is 15.2. The molecule has 1 aromatic heterocycles. The number of halogens is 3. The van der Waals surface area contributed by atoms with Crippen LogP contribution < -0.4 is 14.9 Å². The van der Waals surface area contributed by atoms with E-state index >= 15 is 0 Å². The Morgan fingerprint density at radius 3 is 2.37 bits per heavy atom. The van der Waals surface area contributed by atoms with E-state index in [-0.39, 0.29) is 59.1 Å². The van der Waals surface area contributed by atoms with Gasteiger partial charge in [0.25, 0.3) is 5.76 Å². The minimum atomic E-state index is -5.03. The van der Waals surface area contributed by atoms with Crippen LogP contribution in [0.15, 0.2) is 45.6 Å². The number of benzene rings is 2. The number of para-hydroxylation sites is 2. The predicted octanol–water partition coefficient (Wildman–Crippen LogP) is 5.32. The van der Waals surface area contributed by atoms with Crippen LogP contribution >= 0.6 is 0 Å². The van der Waals surface area contributed by atoms with Crippen molar-refractivity contribution in [2.24, 2.45) is 0 Å². The van der Waals surface area contributed by atoms with Gasteiger partial charge in [0.05, 0.1) is 29.8 Å². The van der Waals surface area contributed by atoms with Crippen LogP contribution in [0.4, 0.5) is 13.2 Å². The van der Waals surface area contributed by atoms with Gasteiger partial charge in [-0.15, -0.1) is 0 Å². The van der Waals surface area contributed by atoms with E-state index in [2.05, 4.69) is 0 Å². The molecule has 2 heterocycles. The Hall–Kier alpha value is -3.24. The Kier molecular flexibility index (Phi) is 6.95. The summed E-state index contributed by atoms with van der Waals surface area (Å²) >= 11 is 0. The van der Waals surface area contributed by atoms with Crippen LogP contribution in [0.2, 0.25) is 0 Å². The highest BCUT2D eigenvalue weighted by Gasteiger charge is 2.41. The van der Waals surface area contributed by atoms with Gasteiger partial charge in [0.2, 0.25) is 11.2 Å². The molecule has 10 heteroatoms. The fourth-order valence-electron chi connectivity index (χ4n) is 4.28. The van der Waals surface area contributed by atoms with E-state index in [4.69, 9.17) is 18.6 Å². The second-order valence-electron chi connectivity index (χ2n) is 8.46. The minimum absolute atomic E-state index is 0.0539. The molecule has 1 aliphatic rings. The molecule has 7 nitrogen and oxygen atoms in total. The van der Waals surface area contributed by atoms with Gasteiger partial charge in [0.1, 0.15) is 11.3 Å². The summed E-state index contributed by atoms with van der Waals surface area (Å²) in [7, 11) is 0. The molecule has 2 aromatic carbocycles. The fraction of sp³-hybridized carbons (Fsp3) is 0.400. The van der Waals surface area contributed by atoms with Gasteiger partial charge in [-0.25, -0.2) is 0 Å². The summed E-state index contributed by atoms with van der Waals surface area (Å²) in [5.74, 6) is -2.72. The Labute approximate surface area is 199 Å². The highest BCUT2D eigenvalue weighted by Crippen LogP contribution is 2.41. The Morgan fingerprint density at radius 2 is 1.74 bits per heavy atom. The summed E-state index contributed by atoms with van der Waals surface area (Å²) in [6.07, 6.45) is -5.23. The zero-order chi connectivity index (χ0) is 25.3. The average molecular weight is 493 g/mol. The van der Waals surface area contributed by atoms with Crippen LogP contribution in [0, 0.1) is 0 Å². The zero-order valence-corrected chi connectivity index (χ0v) is 19.5. The quantitative estimate of drug-likeness (QED) is 0.498. The van der Waals surface area contributed by atoms with E-state index in [1.54, 1.807) is 19.1 Å². The normalized spacial score (nSPS) is 19.1. The lowest BCUT2D eigenvalue weighted by Gasteiger charge is -2.35. The first-order valence-electron chi connectivity index (χ1n) is 11.2. The predicted molar refractivity (Wildman–Crippen MR) is 122 cm³/mol. The van der Waals surface area contributed by atoms with E-state index in [1.807, 2.05) is 18.7 Å². The summed E-state index contributed by atoms with van der Waals surface area (Å²) < 4.78 is 64.1. The molecule has 1 aliphatic heterocycles. The van der Waals surface area contributed by atoms with Gasteiger partial charge in [-0.2, -0.15) is 13.2 Å². The first-order valence-corrected chi connectivity index (χ1v) is 11.2. The molecule has 4 rings (SSSR count). The van der Waals surface area contributed by atoms with Crippen molar-refractivity contribution in [1.82, 2.24) is 4.90 Å². The fourth-order valence-corrected chi connectivity index (χ4v) is 4.28. The molecule has 0 aliphatic carbocycles. The van der Waals surface area contributed by atoms with Crippen molar-refractivity contribution in [2.45, 2.75) is 45.7 Å². The molecule has 0 bridgehead atoms. The monoisotopic (exact) mass is 493 g/mol. The molecule has 0 amide bonds. The number of hydrogen-bond acceptors (Lipinski definition) is 7. The smallest absolute Gasteiger partial charge is 0.453 e. The van der Waals surface area contributed by atoms with Gasteiger partial charge in [-0.05, 0) is 45.0 Å². The molecular formula is C25H26F3NO6. The van der Waals surface area contributed by atoms with Gasteiger partial charge in [-0.3, -0.25) is 9.69 Å². The van der Waals surface area contributed by atoms with E-state index in [1.165, 1.54) is 24.3 Å². The van der Waals surface area contributed by atoms with Crippen LogP contribution in [0.3, 0.4) is 0 Å². The topological polar surface area (TPSA) is 81.4 Å². The lowest BCUT2D eigenvalue weighted by atomic mass is 10.1. The van der Waals surface area contributed by atoms with E-state index in [0.29, 0.717) is 13.1 Å². The molecule has 0 spiro atoms. The third kappa shape index (κ3) is 5.23. The third-order valence-corrected chi connectivity index (χ3v) is 5.59. The largest absolute Gasteiger partial charge is 0.507 e. The van der Waals surface area contributed by atoms with Gasteiger partial charge >= 0.3 is 6.18 Å². The summed E-state index contributed by atoms with van der Waals surface area (Å²) in [6, 6.07) is 8.61. The molecular weight excluding hydrogens is 467 g/mol. The van der Waals surface area contributed by atoms with Crippen LogP contribution in [0.1, 0.15) is 32.1 Å². The highest BCUT2D eigenvalue weighted by molar-refractivity contribution is 5.83. The van der Waals surface area contributed by atoms with Gasteiger partial charge < -0.3 is 23.7 Å². The first kappa shape index (κ1) is 24.9. The van der Waals surface area contributed by atoms with Crippen LogP contribution in [-0.4, -0.2) is 41.9 Å². The molecule has 1 N–H and O–H groups in total. The number of phenolic OH excluding ortho intramolecular Hbond substituents is 1. The average Bonchev–Trinajstić information content (AvgIpc) is 2.77. The Balaban J connectivity index is 1.85. The molecule has 3 aromatic rings. The van der Waals surface area contributed by atoms with Crippen molar-refractivity contribution in [2.75, 3.05) is 19.7 Å². The Morgan fingerprint density at radius 1 is 1.09 bits per heavy atom. The summed E-state index contributed by atoms with van der Waals surface area (Å²) in [6.45, 7) is 6.83. The Bertz CT molecular complexity index is 1260. The van der Waals surface area contributed by atoms with Crippen molar-refractivity contribution in [3.05, 3.63) is 57.9 Å². The molecule has 35 heavy (non-hydrogen) atoms. The summed E-state index contributed by atoms with van der Waals surface area (Å²) in [5.41, 5.74) is -1.25. The van der Waals surface area contributed by atoms with Gasteiger partial charge in [0.15, 0.2) is 11.5 Å². The highest BCUT2D eigenvalue weighted by atomic mass is 19.4. The van der Waals surface area contributed by atoms with Crippen LogP contribution in [0.25, 0.3) is 11.0 Å². The van der Waals surface area contributed by atoms with Gasteiger partial charge in [0, 0.05) is 19.6 Å².